The number of aromatic carboxylic acids is 1. The molecule has 0 radical (unpaired) electrons. The molecule has 0 amide bonds. The quantitative estimate of drug-likeness (QED) is 0.892. The Morgan fingerprint density at radius 2 is 1.89 bits per heavy atom. The number of ether oxygens (including phenoxy) is 1. The molecule has 2 rings (SSSR count). The molecule has 0 fully saturated rings. The monoisotopic (exact) mass is 256 g/mol. The summed E-state index contributed by atoms with van der Waals surface area (Å²) in [5.74, 6) is -0.232. The lowest BCUT2D eigenvalue weighted by Gasteiger charge is -2.07. The van der Waals surface area contributed by atoms with Crippen molar-refractivity contribution in [1.29, 1.82) is 0 Å². The molecule has 0 aliphatic rings. The first-order valence-corrected chi connectivity index (χ1v) is 6.17. The number of aryl methyl sites for hydroxylation is 1. The molecule has 0 heterocycles. The number of benzene rings is 2. The largest absolute Gasteiger partial charge is 0.493 e. The summed E-state index contributed by atoms with van der Waals surface area (Å²) in [5.41, 5.74) is 2.75. The average molecular weight is 256 g/mol. The number of carboxylic acids is 1. The first-order valence-electron chi connectivity index (χ1n) is 6.17. The van der Waals surface area contributed by atoms with Crippen LogP contribution in [0, 0.1) is 6.92 Å². The van der Waals surface area contributed by atoms with Gasteiger partial charge in [-0.2, -0.15) is 0 Å². The SMILES string of the molecule is Cc1cccc(CCOc2ccc(C(=O)O)cc2)c1. The first kappa shape index (κ1) is 13.1. The van der Waals surface area contributed by atoms with Gasteiger partial charge in [0.15, 0.2) is 0 Å². The van der Waals surface area contributed by atoms with Crippen LogP contribution >= 0.6 is 0 Å². The van der Waals surface area contributed by atoms with Crippen LogP contribution in [-0.2, 0) is 6.42 Å². The van der Waals surface area contributed by atoms with Crippen molar-refractivity contribution < 1.29 is 14.6 Å². The van der Waals surface area contributed by atoms with Crippen LogP contribution in [0.3, 0.4) is 0 Å². The lowest BCUT2D eigenvalue weighted by atomic mass is 10.1. The van der Waals surface area contributed by atoms with Crippen molar-refractivity contribution in [1.82, 2.24) is 0 Å². The molecule has 3 nitrogen and oxygen atoms in total. The lowest BCUT2D eigenvalue weighted by molar-refractivity contribution is 0.0697. The standard InChI is InChI=1S/C16H16O3/c1-12-3-2-4-13(11-12)9-10-19-15-7-5-14(6-8-15)16(17)18/h2-8,11H,9-10H2,1H3,(H,17,18). The average Bonchev–Trinajstić information content (AvgIpc) is 2.39. The topological polar surface area (TPSA) is 46.5 Å². The number of hydrogen-bond donors (Lipinski definition) is 1. The number of carbonyl (C=O) groups is 1. The van der Waals surface area contributed by atoms with E-state index in [9.17, 15) is 4.79 Å². The molecule has 2 aromatic carbocycles. The molecule has 0 aliphatic heterocycles. The van der Waals surface area contributed by atoms with Crippen LogP contribution in [0.5, 0.6) is 5.75 Å². The van der Waals surface area contributed by atoms with Gasteiger partial charge >= 0.3 is 5.97 Å². The minimum Gasteiger partial charge on any atom is -0.493 e. The zero-order valence-corrected chi connectivity index (χ0v) is 10.8. The Labute approximate surface area is 112 Å². The molecule has 0 aliphatic carbocycles. The normalized spacial score (nSPS) is 10.2. The zero-order valence-electron chi connectivity index (χ0n) is 10.8. The second-order valence-electron chi connectivity index (χ2n) is 4.42. The molecule has 0 bridgehead atoms. The van der Waals surface area contributed by atoms with Crippen molar-refractivity contribution in [2.24, 2.45) is 0 Å². The van der Waals surface area contributed by atoms with Gasteiger partial charge in [0.25, 0.3) is 0 Å². The fourth-order valence-electron chi connectivity index (χ4n) is 1.85. The minimum atomic E-state index is -0.925. The molecule has 98 valence electrons. The lowest BCUT2D eigenvalue weighted by Crippen LogP contribution is -2.02. The molecule has 0 saturated heterocycles. The third-order valence-corrected chi connectivity index (χ3v) is 2.84. The number of hydrogen-bond acceptors (Lipinski definition) is 2. The van der Waals surface area contributed by atoms with Crippen LogP contribution < -0.4 is 4.74 Å². The van der Waals surface area contributed by atoms with Crippen LogP contribution in [-0.4, -0.2) is 17.7 Å². The Kier molecular flexibility index (Phi) is 4.18. The summed E-state index contributed by atoms with van der Waals surface area (Å²) < 4.78 is 5.59. The Hall–Kier alpha value is -2.29. The van der Waals surface area contributed by atoms with Crippen LogP contribution in [0.4, 0.5) is 0 Å². The van der Waals surface area contributed by atoms with Crippen molar-refractivity contribution >= 4 is 5.97 Å². The molecular formula is C16H16O3. The molecule has 1 N–H and O–H groups in total. The predicted octanol–water partition coefficient (Wildman–Crippen LogP) is 3.31. The van der Waals surface area contributed by atoms with E-state index in [1.807, 2.05) is 6.07 Å². The van der Waals surface area contributed by atoms with Crippen molar-refractivity contribution in [2.45, 2.75) is 13.3 Å². The van der Waals surface area contributed by atoms with E-state index in [1.165, 1.54) is 11.1 Å². The highest BCUT2D eigenvalue weighted by atomic mass is 16.5. The van der Waals surface area contributed by atoms with Gasteiger partial charge in [0.05, 0.1) is 12.2 Å². The highest BCUT2D eigenvalue weighted by molar-refractivity contribution is 5.87. The van der Waals surface area contributed by atoms with E-state index < -0.39 is 5.97 Å². The zero-order chi connectivity index (χ0) is 13.7. The van der Waals surface area contributed by atoms with Crippen LogP contribution in [0.25, 0.3) is 0 Å². The molecule has 0 spiro atoms. The summed E-state index contributed by atoms with van der Waals surface area (Å²) in [4.78, 5) is 10.7. The Morgan fingerprint density at radius 1 is 1.16 bits per heavy atom. The summed E-state index contributed by atoms with van der Waals surface area (Å²) in [6.07, 6.45) is 0.836. The minimum absolute atomic E-state index is 0.269. The first-order chi connectivity index (χ1) is 9.15. The maximum absolute atomic E-state index is 10.7. The Morgan fingerprint density at radius 3 is 2.53 bits per heavy atom. The van der Waals surface area contributed by atoms with Crippen LogP contribution in [0.2, 0.25) is 0 Å². The predicted molar refractivity (Wildman–Crippen MR) is 73.8 cm³/mol. The van der Waals surface area contributed by atoms with Gasteiger partial charge in [-0.3, -0.25) is 0 Å². The molecule has 0 unspecified atom stereocenters. The van der Waals surface area contributed by atoms with Crippen LogP contribution in [0.1, 0.15) is 21.5 Å². The van der Waals surface area contributed by atoms with Gasteiger partial charge in [-0.25, -0.2) is 4.79 Å². The maximum atomic E-state index is 10.7. The van der Waals surface area contributed by atoms with E-state index in [2.05, 4.69) is 25.1 Å². The summed E-state index contributed by atoms with van der Waals surface area (Å²) in [6.45, 7) is 2.64. The highest BCUT2D eigenvalue weighted by Crippen LogP contribution is 2.13. The van der Waals surface area contributed by atoms with Crippen molar-refractivity contribution in [3.8, 4) is 5.75 Å². The Bertz CT molecular complexity index is 558. The second kappa shape index (κ2) is 6.05. The molecular weight excluding hydrogens is 240 g/mol. The van der Waals surface area contributed by atoms with Gasteiger partial charge in [0.1, 0.15) is 5.75 Å². The maximum Gasteiger partial charge on any atom is 0.335 e. The Balaban J connectivity index is 1.87. The van der Waals surface area contributed by atoms with Crippen molar-refractivity contribution in [3.63, 3.8) is 0 Å². The number of carboxylic acid groups (broad SMARTS) is 1. The van der Waals surface area contributed by atoms with E-state index in [0.717, 1.165) is 6.42 Å². The fraction of sp³-hybridized carbons (Fsp3) is 0.188. The van der Waals surface area contributed by atoms with Gasteiger partial charge in [-0.05, 0) is 36.8 Å². The van der Waals surface area contributed by atoms with Gasteiger partial charge in [0, 0.05) is 6.42 Å². The second-order valence-corrected chi connectivity index (χ2v) is 4.42. The van der Waals surface area contributed by atoms with Crippen molar-refractivity contribution in [2.75, 3.05) is 6.61 Å². The summed E-state index contributed by atoms with van der Waals surface area (Å²) in [6, 6.07) is 14.8. The van der Waals surface area contributed by atoms with E-state index in [0.29, 0.717) is 12.4 Å². The summed E-state index contributed by atoms with van der Waals surface area (Å²) in [7, 11) is 0. The van der Waals surface area contributed by atoms with E-state index >= 15 is 0 Å². The van der Waals surface area contributed by atoms with Crippen molar-refractivity contribution in [3.05, 3.63) is 65.2 Å². The van der Waals surface area contributed by atoms with E-state index in [-0.39, 0.29) is 5.56 Å². The molecule has 0 aromatic heterocycles. The smallest absolute Gasteiger partial charge is 0.335 e. The summed E-state index contributed by atoms with van der Waals surface area (Å²) in [5, 5.41) is 8.79. The van der Waals surface area contributed by atoms with E-state index in [1.54, 1.807) is 24.3 Å². The van der Waals surface area contributed by atoms with Gasteiger partial charge in [0.2, 0.25) is 0 Å². The third-order valence-electron chi connectivity index (χ3n) is 2.84. The molecule has 0 saturated carbocycles. The number of rotatable bonds is 5. The molecule has 3 heteroatoms. The third kappa shape index (κ3) is 3.85. The highest BCUT2D eigenvalue weighted by Gasteiger charge is 2.02. The summed E-state index contributed by atoms with van der Waals surface area (Å²) >= 11 is 0. The molecule has 0 atom stereocenters. The molecule has 2 aromatic rings. The van der Waals surface area contributed by atoms with Crippen LogP contribution in [0.15, 0.2) is 48.5 Å². The van der Waals surface area contributed by atoms with E-state index in [4.69, 9.17) is 9.84 Å². The van der Waals surface area contributed by atoms with Gasteiger partial charge in [-0.15, -0.1) is 0 Å². The molecule has 19 heavy (non-hydrogen) atoms. The van der Waals surface area contributed by atoms with Gasteiger partial charge in [-0.1, -0.05) is 29.8 Å². The fourth-order valence-corrected chi connectivity index (χ4v) is 1.85. The van der Waals surface area contributed by atoms with Gasteiger partial charge < -0.3 is 9.84 Å².